The van der Waals surface area contributed by atoms with Gasteiger partial charge < -0.3 is 15.1 Å². The molecule has 1 aromatic heterocycles. The Hall–Kier alpha value is -3.66. The van der Waals surface area contributed by atoms with Crippen LogP contribution in [0.25, 0.3) is 0 Å². The molecule has 1 spiro atoms. The Morgan fingerprint density at radius 2 is 1.81 bits per heavy atom. The molecule has 3 heterocycles. The Bertz CT molecular complexity index is 1340. The highest BCUT2D eigenvalue weighted by atomic mass is 35.5. The smallest absolute Gasteiger partial charge is 0.324 e. The largest absolute Gasteiger partial charge is 0.416 e. The molecule has 6 nitrogen and oxygen atoms in total. The number of urea groups is 1. The number of amides is 3. The van der Waals surface area contributed by atoms with Gasteiger partial charge in [0.15, 0.2) is 0 Å². The Morgan fingerprint density at radius 3 is 2.46 bits per heavy atom. The van der Waals surface area contributed by atoms with Crippen molar-refractivity contribution in [3.05, 3.63) is 89.0 Å². The van der Waals surface area contributed by atoms with Crippen LogP contribution in [0.4, 0.5) is 33.7 Å². The van der Waals surface area contributed by atoms with E-state index in [1.54, 1.807) is 17.2 Å². The standard InChI is InChI=1S/C26H21ClF4N4O2/c27-19-15-18(7-8-20(19)28)35-22(21-6-1-2-11-32-21)25(23(35)36)9-12-34(13-10-25)24(37)33-17-5-3-4-16(14-17)26(29,30)31/h1-8,11,14-15,22H,9-10,12-13H2,(H,33,37). The van der Waals surface area contributed by atoms with Gasteiger partial charge >= 0.3 is 12.2 Å². The summed E-state index contributed by atoms with van der Waals surface area (Å²) in [6, 6.07) is 12.9. The fourth-order valence-electron chi connectivity index (χ4n) is 5.08. The van der Waals surface area contributed by atoms with Crippen molar-refractivity contribution in [2.24, 2.45) is 5.41 Å². The Kier molecular flexibility index (Phi) is 6.31. The molecule has 2 fully saturated rings. The Morgan fingerprint density at radius 1 is 1.05 bits per heavy atom. The number of rotatable bonds is 3. The third-order valence-corrected chi connectivity index (χ3v) is 7.25. The zero-order valence-electron chi connectivity index (χ0n) is 19.3. The molecular formula is C26H21ClF4N4O2. The van der Waals surface area contributed by atoms with E-state index < -0.39 is 35.0 Å². The lowest BCUT2D eigenvalue weighted by Crippen LogP contribution is -2.67. The summed E-state index contributed by atoms with van der Waals surface area (Å²) in [6.07, 6.45) is -2.24. The number of nitrogens with zero attached hydrogens (tertiary/aromatic N) is 3. The number of pyridine rings is 1. The summed E-state index contributed by atoms with van der Waals surface area (Å²) in [5, 5.41) is 2.41. The second-order valence-electron chi connectivity index (χ2n) is 9.08. The first-order valence-corrected chi connectivity index (χ1v) is 11.9. The van der Waals surface area contributed by atoms with Crippen LogP contribution < -0.4 is 10.2 Å². The Labute approximate surface area is 214 Å². The van der Waals surface area contributed by atoms with E-state index in [1.165, 1.54) is 35.2 Å². The number of alkyl halides is 3. The number of nitrogens with one attached hydrogen (secondary N) is 1. The van der Waals surface area contributed by atoms with E-state index in [1.807, 2.05) is 12.1 Å². The fraction of sp³-hybridized carbons (Fsp3) is 0.269. The van der Waals surface area contributed by atoms with Crippen LogP contribution in [0.1, 0.15) is 30.1 Å². The van der Waals surface area contributed by atoms with Crippen molar-refractivity contribution in [1.29, 1.82) is 0 Å². The number of β-lactam (4-membered cyclic amide) rings is 1. The second kappa shape index (κ2) is 9.33. The zero-order valence-corrected chi connectivity index (χ0v) is 20.1. The van der Waals surface area contributed by atoms with E-state index in [-0.39, 0.29) is 29.7 Å². The third kappa shape index (κ3) is 4.50. The number of carbonyl (C=O) groups is 2. The SMILES string of the molecule is O=C(Nc1cccc(C(F)(F)F)c1)N1CCC2(CC1)C(=O)N(c1ccc(F)c(Cl)c1)C2c1ccccn1. The quantitative estimate of drug-likeness (QED) is 0.318. The van der Waals surface area contributed by atoms with E-state index in [2.05, 4.69) is 10.3 Å². The molecule has 192 valence electrons. The molecule has 0 bridgehead atoms. The molecule has 37 heavy (non-hydrogen) atoms. The first-order chi connectivity index (χ1) is 17.6. The molecule has 2 aliphatic rings. The van der Waals surface area contributed by atoms with E-state index >= 15 is 0 Å². The monoisotopic (exact) mass is 532 g/mol. The number of hydrogen-bond acceptors (Lipinski definition) is 3. The summed E-state index contributed by atoms with van der Waals surface area (Å²) in [5.74, 6) is -0.772. The van der Waals surface area contributed by atoms with Gasteiger partial charge in [0.2, 0.25) is 5.91 Å². The predicted molar refractivity (Wildman–Crippen MR) is 130 cm³/mol. The van der Waals surface area contributed by atoms with Crippen LogP contribution in [-0.2, 0) is 11.0 Å². The van der Waals surface area contributed by atoms with E-state index in [4.69, 9.17) is 11.6 Å². The van der Waals surface area contributed by atoms with Crippen LogP contribution in [0.5, 0.6) is 0 Å². The van der Waals surface area contributed by atoms with Crippen molar-refractivity contribution in [3.63, 3.8) is 0 Å². The van der Waals surface area contributed by atoms with Crippen molar-refractivity contribution in [1.82, 2.24) is 9.88 Å². The normalized spacial score (nSPS) is 19.1. The molecule has 0 aliphatic carbocycles. The van der Waals surface area contributed by atoms with Crippen molar-refractivity contribution in [2.75, 3.05) is 23.3 Å². The maximum absolute atomic E-state index is 13.8. The van der Waals surface area contributed by atoms with Gasteiger partial charge in [0.1, 0.15) is 5.82 Å². The van der Waals surface area contributed by atoms with Gasteiger partial charge in [-0.25, -0.2) is 9.18 Å². The molecule has 2 aliphatic heterocycles. The minimum atomic E-state index is -4.52. The van der Waals surface area contributed by atoms with Crippen molar-refractivity contribution < 1.29 is 27.2 Å². The van der Waals surface area contributed by atoms with Gasteiger partial charge in [-0.15, -0.1) is 0 Å². The van der Waals surface area contributed by atoms with Crippen LogP contribution in [0.3, 0.4) is 0 Å². The maximum atomic E-state index is 13.8. The summed E-state index contributed by atoms with van der Waals surface area (Å²) in [7, 11) is 0. The van der Waals surface area contributed by atoms with Crippen LogP contribution in [-0.4, -0.2) is 34.9 Å². The summed E-state index contributed by atoms with van der Waals surface area (Å²) in [4.78, 5) is 33.8. The van der Waals surface area contributed by atoms with Crippen LogP contribution in [0.15, 0.2) is 66.9 Å². The highest BCUT2D eigenvalue weighted by Gasteiger charge is 2.62. The third-order valence-electron chi connectivity index (χ3n) is 6.96. The summed E-state index contributed by atoms with van der Waals surface area (Å²) in [6.45, 7) is 0.440. The lowest BCUT2D eigenvalue weighted by molar-refractivity contribution is -0.144. The maximum Gasteiger partial charge on any atom is 0.416 e. The molecule has 1 atom stereocenters. The second-order valence-corrected chi connectivity index (χ2v) is 9.49. The number of hydrogen-bond donors (Lipinski definition) is 1. The molecule has 2 aromatic carbocycles. The van der Waals surface area contributed by atoms with Gasteiger partial charge in [0.05, 0.1) is 27.7 Å². The fourth-order valence-corrected chi connectivity index (χ4v) is 5.26. The molecule has 1 N–H and O–H groups in total. The van der Waals surface area contributed by atoms with Crippen molar-refractivity contribution >= 4 is 34.9 Å². The minimum Gasteiger partial charge on any atom is -0.324 e. The topological polar surface area (TPSA) is 65.5 Å². The number of anilines is 2. The lowest BCUT2D eigenvalue weighted by atomic mass is 9.63. The number of carbonyl (C=O) groups excluding carboxylic acids is 2. The molecule has 3 aromatic rings. The molecule has 5 rings (SSSR count). The number of piperidine rings is 1. The summed E-state index contributed by atoms with van der Waals surface area (Å²) < 4.78 is 52.8. The number of likely N-dealkylation sites (tertiary alicyclic amines) is 1. The first-order valence-electron chi connectivity index (χ1n) is 11.5. The minimum absolute atomic E-state index is 0.0329. The molecule has 0 saturated carbocycles. The molecule has 11 heteroatoms. The van der Waals surface area contributed by atoms with Crippen LogP contribution >= 0.6 is 11.6 Å². The Balaban J connectivity index is 1.34. The average molecular weight is 533 g/mol. The van der Waals surface area contributed by atoms with Crippen LogP contribution in [0.2, 0.25) is 5.02 Å². The van der Waals surface area contributed by atoms with Crippen LogP contribution in [0, 0.1) is 11.2 Å². The summed E-state index contributed by atoms with van der Waals surface area (Å²) in [5.41, 5.74) is -0.554. The van der Waals surface area contributed by atoms with Gasteiger partial charge in [-0.1, -0.05) is 23.7 Å². The molecule has 3 amide bonds. The summed E-state index contributed by atoms with van der Waals surface area (Å²) >= 11 is 5.97. The van der Waals surface area contributed by atoms with Gasteiger partial charge in [-0.05, 0) is 61.4 Å². The van der Waals surface area contributed by atoms with Gasteiger partial charge in [-0.3, -0.25) is 9.78 Å². The average Bonchev–Trinajstić information content (AvgIpc) is 2.89. The lowest BCUT2D eigenvalue weighted by Gasteiger charge is -2.58. The molecule has 1 unspecified atom stereocenters. The first kappa shape index (κ1) is 25.0. The van der Waals surface area contributed by atoms with Gasteiger partial charge in [-0.2, -0.15) is 13.2 Å². The van der Waals surface area contributed by atoms with Crippen molar-refractivity contribution in [2.45, 2.75) is 25.1 Å². The number of aromatic nitrogens is 1. The highest BCUT2D eigenvalue weighted by Crippen LogP contribution is 2.57. The zero-order chi connectivity index (χ0) is 26.4. The number of benzene rings is 2. The van der Waals surface area contributed by atoms with E-state index in [0.29, 0.717) is 24.2 Å². The molecular weight excluding hydrogens is 512 g/mol. The predicted octanol–water partition coefficient (Wildman–Crippen LogP) is 6.30. The van der Waals surface area contributed by atoms with E-state index in [0.717, 1.165) is 12.1 Å². The van der Waals surface area contributed by atoms with Crippen molar-refractivity contribution in [3.8, 4) is 0 Å². The number of halogens is 5. The van der Waals surface area contributed by atoms with E-state index in [9.17, 15) is 27.2 Å². The highest BCUT2D eigenvalue weighted by molar-refractivity contribution is 6.31. The van der Waals surface area contributed by atoms with Gasteiger partial charge in [0.25, 0.3) is 0 Å². The van der Waals surface area contributed by atoms with Gasteiger partial charge in [0, 0.05) is 30.7 Å². The molecule has 0 radical (unpaired) electrons. The molecule has 2 saturated heterocycles.